The fourth-order valence-electron chi connectivity index (χ4n) is 2.29. The van der Waals surface area contributed by atoms with Gasteiger partial charge in [0.2, 0.25) is 5.79 Å². The van der Waals surface area contributed by atoms with Crippen LogP contribution in [0.3, 0.4) is 0 Å². The van der Waals surface area contributed by atoms with Gasteiger partial charge in [-0.05, 0) is 30.7 Å². The number of nitrogens with zero attached hydrogens (tertiary/aromatic N) is 1. The lowest BCUT2D eigenvalue weighted by molar-refractivity contribution is -0.219. The number of ether oxygens (including phenoxy) is 2. The smallest absolute Gasteiger partial charge is 0.203 e. The lowest BCUT2D eigenvalue weighted by Crippen LogP contribution is -2.64. The van der Waals surface area contributed by atoms with E-state index < -0.39 is 5.79 Å². The van der Waals surface area contributed by atoms with Gasteiger partial charge in [-0.15, -0.1) is 0 Å². The van der Waals surface area contributed by atoms with Gasteiger partial charge in [0.25, 0.3) is 0 Å². The van der Waals surface area contributed by atoms with Crippen LogP contribution < -0.4 is 10.2 Å². The first-order valence-corrected chi connectivity index (χ1v) is 6.88. The third-order valence-electron chi connectivity index (χ3n) is 3.66. The number of hydrogen-bond donors (Lipinski definition) is 1. The van der Waals surface area contributed by atoms with Crippen molar-refractivity contribution in [1.29, 1.82) is 0 Å². The Hall–Kier alpha value is -1.10. The molecule has 1 aliphatic rings. The first-order valence-electron chi connectivity index (χ1n) is 6.88. The SMILES string of the molecule is CCCNCc1ccc(N2CC(OC)(OC)C2)cc1. The highest BCUT2D eigenvalue weighted by molar-refractivity contribution is 5.51. The van der Waals surface area contributed by atoms with Crippen molar-refractivity contribution in [1.82, 2.24) is 5.32 Å². The minimum atomic E-state index is -0.415. The predicted octanol–water partition coefficient (Wildman–Crippen LogP) is 2.00. The van der Waals surface area contributed by atoms with E-state index in [4.69, 9.17) is 9.47 Å². The Labute approximate surface area is 115 Å². The van der Waals surface area contributed by atoms with Crippen molar-refractivity contribution in [2.45, 2.75) is 25.7 Å². The third-order valence-corrected chi connectivity index (χ3v) is 3.66. The monoisotopic (exact) mass is 264 g/mol. The maximum atomic E-state index is 5.39. The largest absolute Gasteiger partial charge is 0.361 e. The molecular formula is C15H24N2O2. The lowest BCUT2D eigenvalue weighted by atomic mass is 10.1. The van der Waals surface area contributed by atoms with Crippen LogP contribution in [0.5, 0.6) is 0 Å². The van der Waals surface area contributed by atoms with Crippen molar-refractivity contribution in [3.05, 3.63) is 29.8 Å². The molecule has 0 atom stereocenters. The number of rotatable bonds is 7. The second-order valence-corrected chi connectivity index (χ2v) is 5.02. The van der Waals surface area contributed by atoms with E-state index in [1.165, 1.54) is 17.7 Å². The molecular weight excluding hydrogens is 240 g/mol. The summed E-state index contributed by atoms with van der Waals surface area (Å²) in [6, 6.07) is 8.69. The Morgan fingerprint density at radius 1 is 1.16 bits per heavy atom. The van der Waals surface area contributed by atoms with E-state index in [-0.39, 0.29) is 0 Å². The molecule has 1 N–H and O–H groups in total. The van der Waals surface area contributed by atoms with Crippen molar-refractivity contribution in [3.8, 4) is 0 Å². The zero-order chi connectivity index (χ0) is 13.7. The average Bonchev–Trinajstić information content (AvgIpc) is 2.41. The van der Waals surface area contributed by atoms with Gasteiger partial charge in [-0.2, -0.15) is 0 Å². The topological polar surface area (TPSA) is 33.7 Å². The number of benzene rings is 1. The van der Waals surface area contributed by atoms with Gasteiger partial charge in [-0.25, -0.2) is 0 Å². The molecule has 0 spiro atoms. The fraction of sp³-hybridized carbons (Fsp3) is 0.600. The Kier molecular flexibility index (Phi) is 4.80. The van der Waals surface area contributed by atoms with Crippen LogP contribution >= 0.6 is 0 Å². The summed E-state index contributed by atoms with van der Waals surface area (Å²) in [4.78, 5) is 2.26. The highest BCUT2D eigenvalue weighted by atomic mass is 16.7. The molecule has 0 saturated carbocycles. The molecule has 1 heterocycles. The van der Waals surface area contributed by atoms with E-state index in [0.29, 0.717) is 0 Å². The number of nitrogens with one attached hydrogen (secondary N) is 1. The molecule has 0 amide bonds. The molecule has 2 rings (SSSR count). The second kappa shape index (κ2) is 6.37. The summed E-state index contributed by atoms with van der Waals surface area (Å²) in [7, 11) is 3.40. The summed E-state index contributed by atoms with van der Waals surface area (Å²) >= 11 is 0. The normalized spacial score (nSPS) is 17.3. The first-order chi connectivity index (χ1) is 9.23. The molecule has 1 aliphatic heterocycles. The van der Waals surface area contributed by atoms with Crippen molar-refractivity contribution in [2.75, 3.05) is 38.8 Å². The van der Waals surface area contributed by atoms with Crippen LogP contribution in [0.2, 0.25) is 0 Å². The van der Waals surface area contributed by atoms with E-state index in [1.807, 2.05) is 0 Å². The molecule has 19 heavy (non-hydrogen) atoms. The van der Waals surface area contributed by atoms with Gasteiger partial charge in [-0.1, -0.05) is 19.1 Å². The molecule has 0 radical (unpaired) electrons. The van der Waals surface area contributed by atoms with Gasteiger partial charge in [0, 0.05) is 26.5 Å². The average molecular weight is 264 g/mol. The maximum absolute atomic E-state index is 5.39. The number of hydrogen-bond acceptors (Lipinski definition) is 4. The van der Waals surface area contributed by atoms with Crippen LogP contribution in [0.25, 0.3) is 0 Å². The highest BCUT2D eigenvalue weighted by Gasteiger charge is 2.43. The van der Waals surface area contributed by atoms with Crippen LogP contribution in [0.1, 0.15) is 18.9 Å². The summed E-state index contributed by atoms with van der Waals surface area (Å²) in [6.45, 7) is 5.75. The Bertz CT molecular complexity index is 380. The zero-order valence-corrected chi connectivity index (χ0v) is 12.1. The highest BCUT2D eigenvalue weighted by Crippen LogP contribution is 2.30. The van der Waals surface area contributed by atoms with Crippen LogP contribution in [0.4, 0.5) is 5.69 Å². The third kappa shape index (κ3) is 3.26. The lowest BCUT2D eigenvalue weighted by Gasteiger charge is -2.48. The van der Waals surface area contributed by atoms with Crippen LogP contribution in [0, 0.1) is 0 Å². The number of methoxy groups -OCH3 is 2. The molecule has 1 saturated heterocycles. The summed E-state index contributed by atoms with van der Waals surface area (Å²) < 4.78 is 10.8. The Morgan fingerprint density at radius 3 is 2.32 bits per heavy atom. The molecule has 1 aromatic carbocycles. The van der Waals surface area contributed by atoms with Gasteiger partial charge < -0.3 is 19.7 Å². The second-order valence-electron chi connectivity index (χ2n) is 5.02. The van der Waals surface area contributed by atoms with Gasteiger partial charge in [0.15, 0.2) is 0 Å². The quantitative estimate of drug-likeness (QED) is 0.603. The standard InChI is InChI=1S/C15H24N2O2/c1-4-9-16-10-13-5-7-14(8-6-13)17-11-15(12-17,18-2)19-3/h5-8,16H,4,9-12H2,1-3H3. The maximum Gasteiger partial charge on any atom is 0.203 e. The number of anilines is 1. The van der Waals surface area contributed by atoms with Crippen LogP contribution in [-0.2, 0) is 16.0 Å². The minimum Gasteiger partial charge on any atom is -0.361 e. The van der Waals surface area contributed by atoms with E-state index in [9.17, 15) is 0 Å². The molecule has 0 aliphatic carbocycles. The van der Waals surface area contributed by atoms with Gasteiger partial charge in [-0.3, -0.25) is 0 Å². The van der Waals surface area contributed by atoms with E-state index in [1.54, 1.807) is 14.2 Å². The minimum absolute atomic E-state index is 0.415. The van der Waals surface area contributed by atoms with E-state index in [2.05, 4.69) is 41.4 Å². The predicted molar refractivity (Wildman–Crippen MR) is 77.4 cm³/mol. The summed E-state index contributed by atoms with van der Waals surface area (Å²) in [6.07, 6.45) is 1.17. The van der Waals surface area contributed by atoms with Gasteiger partial charge in [0.1, 0.15) is 0 Å². The molecule has 4 heteroatoms. The van der Waals surface area contributed by atoms with Crippen molar-refractivity contribution >= 4 is 5.69 Å². The molecule has 106 valence electrons. The molecule has 0 unspecified atom stereocenters. The summed E-state index contributed by atoms with van der Waals surface area (Å²) in [5.74, 6) is -0.415. The van der Waals surface area contributed by atoms with Crippen LogP contribution in [0.15, 0.2) is 24.3 Å². The Morgan fingerprint density at radius 2 is 1.79 bits per heavy atom. The Balaban J connectivity index is 1.86. The van der Waals surface area contributed by atoms with E-state index in [0.717, 1.165) is 26.2 Å². The van der Waals surface area contributed by atoms with Crippen molar-refractivity contribution in [2.24, 2.45) is 0 Å². The van der Waals surface area contributed by atoms with Gasteiger partial charge >= 0.3 is 0 Å². The molecule has 1 aromatic rings. The molecule has 0 aromatic heterocycles. The first kappa shape index (κ1) is 14.3. The zero-order valence-electron chi connectivity index (χ0n) is 12.1. The van der Waals surface area contributed by atoms with Crippen LogP contribution in [-0.4, -0.2) is 39.6 Å². The van der Waals surface area contributed by atoms with E-state index >= 15 is 0 Å². The van der Waals surface area contributed by atoms with Crippen molar-refractivity contribution in [3.63, 3.8) is 0 Å². The van der Waals surface area contributed by atoms with Crippen molar-refractivity contribution < 1.29 is 9.47 Å². The molecule has 4 nitrogen and oxygen atoms in total. The summed E-state index contributed by atoms with van der Waals surface area (Å²) in [5.41, 5.74) is 2.55. The summed E-state index contributed by atoms with van der Waals surface area (Å²) in [5, 5.41) is 3.41. The van der Waals surface area contributed by atoms with Gasteiger partial charge in [0.05, 0.1) is 13.1 Å². The fourth-order valence-corrected chi connectivity index (χ4v) is 2.29. The molecule has 1 fully saturated rings. The molecule has 0 bridgehead atoms.